The van der Waals surface area contributed by atoms with Gasteiger partial charge in [-0.2, -0.15) is 0 Å². The lowest BCUT2D eigenvalue weighted by Crippen LogP contribution is -1.82. The van der Waals surface area contributed by atoms with Crippen molar-refractivity contribution in [2.75, 3.05) is 11.5 Å². The normalized spacial score (nSPS) is 11.4. The Bertz CT molecular complexity index is 1160. The third kappa shape index (κ3) is 2.40. The molecule has 0 spiro atoms. The predicted molar refractivity (Wildman–Crippen MR) is 110 cm³/mol. The summed E-state index contributed by atoms with van der Waals surface area (Å²) in [7, 11) is 0. The topological polar surface area (TPSA) is 83.6 Å². The first-order chi connectivity index (χ1) is 12.7. The van der Waals surface area contributed by atoms with Gasteiger partial charge in [0.25, 0.3) is 0 Å². The highest BCUT2D eigenvalue weighted by Gasteiger charge is 2.08. The molecule has 0 bridgehead atoms. The van der Waals surface area contributed by atoms with E-state index in [9.17, 15) is 0 Å². The Hall–Kier alpha value is -3.66. The van der Waals surface area contributed by atoms with Gasteiger partial charge in [0.2, 0.25) is 0 Å². The molecule has 2 heterocycles. The highest BCUT2D eigenvalue weighted by atomic mass is 14.7. The van der Waals surface area contributed by atoms with E-state index in [0.717, 1.165) is 55.7 Å². The maximum absolute atomic E-state index is 5.89. The molecule has 5 aromatic rings. The molecule has 0 fully saturated rings. The van der Waals surface area contributed by atoms with Crippen LogP contribution < -0.4 is 11.5 Å². The van der Waals surface area contributed by atoms with Gasteiger partial charge in [-0.15, -0.1) is 0 Å². The fourth-order valence-electron chi connectivity index (χ4n) is 3.47. The smallest absolute Gasteiger partial charge is 0.0465 e. The van der Waals surface area contributed by atoms with Gasteiger partial charge in [-0.05, 0) is 65.7 Å². The minimum absolute atomic E-state index is 0.772. The molecule has 0 amide bonds. The molecule has 4 nitrogen and oxygen atoms in total. The fourth-order valence-corrected chi connectivity index (χ4v) is 3.47. The molecular formula is C22H18N4. The largest absolute Gasteiger partial charge is 0.399 e. The van der Waals surface area contributed by atoms with Crippen LogP contribution in [0.5, 0.6) is 0 Å². The average molecular weight is 338 g/mol. The standard InChI is InChI=1S/C22H18N4/c23-17-4-6-19-15(9-17)11-21(25-19)13-2-1-3-14(8-13)22-12-16-10-18(24)5-7-20(16)26-22/h1-12,25-26H,23-24H2. The monoisotopic (exact) mass is 338 g/mol. The maximum atomic E-state index is 5.89. The van der Waals surface area contributed by atoms with Crippen molar-refractivity contribution in [3.63, 3.8) is 0 Å². The summed E-state index contributed by atoms with van der Waals surface area (Å²) in [6, 6.07) is 24.6. The molecule has 0 atom stereocenters. The molecule has 2 aromatic heterocycles. The van der Waals surface area contributed by atoms with Crippen LogP contribution in [0.2, 0.25) is 0 Å². The third-order valence-corrected chi connectivity index (χ3v) is 4.77. The number of nitrogens with one attached hydrogen (secondary N) is 2. The Balaban J connectivity index is 1.60. The van der Waals surface area contributed by atoms with E-state index in [1.807, 2.05) is 36.4 Å². The highest BCUT2D eigenvalue weighted by molar-refractivity contribution is 5.90. The van der Waals surface area contributed by atoms with Crippen molar-refractivity contribution in [1.29, 1.82) is 0 Å². The van der Waals surface area contributed by atoms with Crippen LogP contribution in [0.4, 0.5) is 11.4 Å². The van der Waals surface area contributed by atoms with Crippen molar-refractivity contribution in [3.05, 3.63) is 72.8 Å². The molecule has 26 heavy (non-hydrogen) atoms. The summed E-state index contributed by atoms with van der Waals surface area (Å²) in [5, 5.41) is 2.23. The van der Waals surface area contributed by atoms with Crippen LogP contribution in [-0.2, 0) is 0 Å². The lowest BCUT2D eigenvalue weighted by Gasteiger charge is -2.02. The van der Waals surface area contributed by atoms with Gasteiger partial charge in [-0.1, -0.05) is 18.2 Å². The molecule has 0 unspecified atom stereocenters. The Kier molecular flexibility index (Phi) is 3.06. The van der Waals surface area contributed by atoms with Crippen LogP contribution in [0.25, 0.3) is 44.3 Å². The van der Waals surface area contributed by atoms with Gasteiger partial charge in [0.1, 0.15) is 0 Å². The number of fused-ring (bicyclic) bond motifs is 2. The quantitative estimate of drug-likeness (QED) is 0.336. The number of aromatic nitrogens is 2. The highest BCUT2D eigenvalue weighted by Crippen LogP contribution is 2.30. The van der Waals surface area contributed by atoms with Gasteiger partial charge < -0.3 is 21.4 Å². The summed E-state index contributed by atoms with van der Waals surface area (Å²) >= 11 is 0. The number of hydrogen-bond acceptors (Lipinski definition) is 2. The van der Waals surface area contributed by atoms with Crippen molar-refractivity contribution in [2.24, 2.45) is 0 Å². The zero-order valence-corrected chi connectivity index (χ0v) is 14.1. The zero-order chi connectivity index (χ0) is 17.7. The molecule has 0 aliphatic heterocycles. The van der Waals surface area contributed by atoms with E-state index < -0.39 is 0 Å². The maximum Gasteiger partial charge on any atom is 0.0465 e. The number of anilines is 2. The number of nitrogen functional groups attached to an aromatic ring is 2. The molecular weight excluding hydrogens is 320 g/mol. The summed E-state index contributed by atoms with van der Waals surface area (Å²) in [5.74, 6) is 0. The Morgan fingerprint density at radius 2 is 1.04 bits per heavy atom. The molecule has 0 aliphatic rings. The van der Waals surface area contributed by atoms with Crippen LogP contribution in [-0.4, -0.2) is 9.97 Å². The number of hydrogen-bond donors (Lipinski definition) is 4. The summed E-state index contributed by atoms with van der Waals surface area (Å²) in [4.78, 5) is 6.94. The van der Waals surface area contributed by atoms with E-state index in [1.54, 1.807) is 0 Å². The Morgan fingerprint density at radius 1 is 0.538 bits per heavy atom. The second kappa shape index (κ2) is 5.43. The summed E-state index contributed by atoms with van der Waals surface area (Å²) in [6.45, 7) is 0. The molecule has 0 radical (unpaired) electrons. The van der Waals surface area contributed by atoms with E-state index >= 15 is 0 Å². The van der Waals surface area contributed by atoms with E-state index in [4.69, 9.17) is 11.5 Å². The molecule has 6 N–H and O–H groups in total. The van der Waals surface area contributed by atoms with Gasteiger partial charge in [0.05, 0.1) is 0 Å². The van der Waals surface area contributed by atoms with E-state index in [-0.39, 0.29) is 0 Å². The number of benzene rings is 3. The fraction of sp³-hybridized carbons (Fsp3) is 0. The molecule has 5 rings (SSSR count). The number of aromatic amines is 2. The molecule has 4 heteroatoms. The Labute approximate surface area is 150 Å². The summed E-state index contributed by atoms with van der Waals surface area (Å²) < 4.78 is 0. The van der Waals surface area contributed by atoms with Crippen LogP contribution >= 0.6 is 0 Å². The second-order valence-electron chi connectivity index (χ2n) is 6.64. The molecule has 0 saturated carbocycles. The van der Waals surface area contributed by atoms with Crippen molar-refractivity contribution in [3.8, 4) is 22.5 Å². The predicted octanol–water partition coefficient (Wildman–Crippen LogP) is 5.15. The Morgan fingerprint density at radius 3 is 1.54 bits per heavy atom. The number of H-pyrrole nitrogens is 2. The van der Waals surface area contributed by atoms with Crippen molar-refractivity contribution in [1.82, 2.24) is 9.97 Å². The lowest BCUT2D eigenvalue weighted by molar-refractivity contribution is 1.43. The number of rotatable bonds is 2. The average Bonchev–Trinajstić information content (AvgIpc) is 3.25. The van der Waals surface area contributed by atoms with Gasteiger partial charge in [-0.25, -0.2) is 0 Å². The van der Waals surface area contributed by atoms with Gasteiger partial charge >= 0.3 is 0 Å². The lowest BCUT2D eigenvalue weighted by atomic mass is 10.1. The second-order valence-corrected chi connectivity index (χ2v) is 6.64. The van der Waals surface area contributed by atoms with Gasteiger partial charge in [-0.3, -0.25) is 0 Å². The molecule has 126 valence electrons. The molecule has 3 aromatic carbocycles. The van der Waals surface area contributed by atoms with Crippen LogP contribution in [0.1, 0.15) is 0 Å². The first-order valence-corrected chi connectivity index (χ1v) is 8.53. The minimum atomic E-state index is 0.772. The minimum Gasteiger partial charge on any atom is -0.399 e. The summed E-state index contributed by atoms with van der Waals surface area (Å²) in [6.07, 6.45) is 0. The van der Waals surface area contributed by atoms with E-state index in [0.29, 0.717) is 0 Å². The first kappa shape index (κ1) is 14.7. The van der Waals surface area contributed by atoms with Gasteiger partial charge in [0, 0.05) is 44.6 Å². The van der Waals surface area contributed by atoms with E-state index in [1.165, 1.54) is 0 Å². The van der Waals surface area contributed by atoms with Gasteiger partial charge in [0.15, 0.2) is 0 Å². The van der Waals surface area contributed by atoms with Crippen molar-refractivity contribution >= 4 is 33.2 Å². The van der Waals surface area contributed by atoms with Crippen LogP contribution in [0.3, 0.4) is 0 Å². The zero-order valence-electron chi connectivity index (χ0n) is 14.1. The molecule has 0 saturated heterocycles. The third-order valence-electron chi connectivity index (χ3n) is 4.77. The first-order valence-electron chi connectivity index (χ1n) is 8.53. The van der Waals surface area contributed by atoms with Crippen molar-refractivity contribution in [2.45, 2.75) is 0 Å². The van der Waals surface area contributed by atoms with Crippen LogP contribution in [0.15, 0.2) is 72.8 Å². The SMILES string of the molecule is Nc1ccc2[nH]c(-c3cccc(-c4cc5cc(N)ccc5[nH]4)c3)cc2c1. The summed E-state index contributed by atoms with van der Waals surface area (Å²) in [5.41, 5.74) is 19.9. The van der Waals surface area contributed by atoms with Crippen molar-refractivity contribution < 1.29 is 0 Å². The van der Waals surface area contributed by atoms with E-state index in [2.05, 4.69) is 46.4 Å². The number of nitrogens with two attached hydrogens (primary N) is 2. The molecule has 0 aliphatic carbocycles. The van der Waals surface area contributed by atoms with Crippen LogP contribution in [0, 0.1) is 0 Å².